The first-order chi connectivity index (χ1) is 9.76. The molecule has 2 rings (SSSR count). The number of sulfone groups is 1. The highest BCUT2D eigenvalue weighted by atomic mass is 32.2. The summed E-state index contributed by atoms with van der Waals surface area (Å²) in [5.41, 5.74) is 7.81. The summed E-state index contributed by atoms with van der Waals surface area (Å²) >= 11 is 0. The minimum atomic E-state index is -3.06. The topological polar surface area (TPSA) is 102 Å². The fourth-order valence-electron chi connectivity index (χ4n) is 1.90. The van der Waals surface area contributed by atoms with Gasteiger partial charge in [-0.25, -0.2) is 17.8 Å². The zero-order chi connectivity index (χ0) is 15.6. The second-order valence-electron chi connectivity index (χ2n) is 4.98. The maximum Gasteiger partial charge on any atom is 0.147 e. The van der Waals surface area contributed by atoms with Gasteiger partial charge in [-0.15, -0.1) is 0 Å². The van der Waals surface area contributed by atoms with Crippen LogP contribution in [0.25, 0.3) is 11.4 Å². The van der Waals surface area contributed by atoms with Crippen molar-refractivity contribution in [2.24, 2.45) is 5.73 Å². The normalized spacial score (nSPS) is 13.3. The number of nitrogens with one attached hydrogen (secondary N) is 1. The van der Waals surface area contributed by atoms with E-state index in [-0.39, 0.29) is 12.2 Å². The first-order valence-electron chi connectivity index (χ1n) is 6.38. The number of aromatic nitrogens is 3. The molecule has 0 aliphatic rings. The number of imidazole rings is 1. The lowest BCUT2D eigenvalue weighted by Gasteiger charge is -2.07. The van der Waals surface area contributed by atoms with Gasteiger partial charge in [0.1, 0.15) is 27.2 Å². The molecule has 6 nitrogen and oxygen atoms in total. The predicted molar refractivity (Wildman–Crippen MR) is 77.8 cm³/mol. The number of rotatable bonds is 5. The van der Waals surface area contributed by atoms with Gasteiger partial charge < -0.3 is 10.7 Å². The molecule has 0 amide bonds. The summed E-state index contributed by atoms with van der Waals surface area (Å²) < 4.78 is 35.2. The van der Waals surface area contributed by atoms with E-state index in [1.165, 1.54) is 18.4 Å². The van der Waals surface area contributed by atoms with E-state index in [0.717, 1.165) is 11.9 Å². The van der Waals surface area contributed by atoms with Crippen molar-refractivity contribution in [1.29, 1.82) is 0 Å². The fourth-order valence-corrected chi connectivity index (χ4v) is 2.58. The molecule has 1 unspecified atom stereocenters. The molecule has 1 atom stereocenters. The summed E-state index contributed by atoms with van der Waals surface area (Å²) in [6, 6.07) is 2.33. The lowest BCUT2D eigenvalue weighted by Crippen LogP contribution is -2.17. The number of hydrogen-bond donors (Lipinski definition) is 2. The maximum absolute atomic E-state index is 12.9. The standard InChI is InChI=1S/C13H17FN4O2S/c1-8-12(11-4-3-9(14)7-16-11)18-13(17-8)10(15)5-6-21(2,19)20/h3-4,7,10H,5-6,15H2,1-2H3,(H,17,18). The lowest BCUT2D eigenvalue weighted by molar-refractivity contribution is 0.587. The number of hydrogen-bond acceptors (Lipinski definition) is 5. The Hall–Kier alpha value is -1.80. The van der Waals surface area contributed by atoms with E-state index in [1.54, 1.807) is 6.92 Å². The number of aryl methyl sites for hydroxylation is 1. The average molecular weight is 312 g/mol. The zero-order valence-corrected chi connectivity index (χ0v) is 12.6. The number of aromatic amines is 1. The molecule has 0 saturated carbocycles. The number of pyridine rings is 1. The van der Waals surface area contributed by atoms with Gasteiger partial charge in [-0.2, -0.15) is 0 Å². The van der Waals surface area contributed by atoms with Gasteiger partial charge in [-0.1, -0.05) is 0 Å². The molecule has 0 aromatic carbocycles. The molecule has 0 fully saturated rings. The monoisotopic (exact) mass is 312 g/mol. The van der Waals surface area contributed by atoms with Crippen molar-refractivity contribution in [3.05, 3.63) is 35.7 Å². The lowest BCUT2D eigenvalue weighted by atomic mass is 10.2. The van der Waals surface area contributed by atoms with Crippen LogP contribution in [0.4, 0.5) is 4.39 Å². The molecule has 2 aromatic heterocycles. The first-order valence-corrected chi connectivity index (χ1v) is 8.44. The number of H-pyrrole nitrogens is 1. The van der Waals surface area contributed by atoms with E-state index >= 15 is 0 Å². The molecular formula is C13H17FN4O2S. The Labute approximate surface area is 122 Å². The van der Waals surface area contributed by atoms with Gasteiger partial charge in [0, 0.05) is 11.9 Å². The van der Waals surface area contributed by atoms with Gasteiger partial charge in [0.05, 0.1) is 23.7 Å². The quantitative estimate of drug-likeness (QED) is 0.868. The van der Waals surface area contributed by atoms with E-state index in [9.17, 15) is 12.8 Å². The minimum absolute atomic E-state index is 0.00194. The summed E-state index contributed by atoms with van der Waals surface area (Å²) in [6.07, 6.45) is 2.57. The summed E-state index contributed by atoms with van der Waals surface area (Å²) in [5, 5.41) is 0. The molecule has 21 heavy (non-hydrogen) atoms. The average Bonchev–Trinajstić information content (AvgIpc) is 2.78. The Kier molecular flexibility index (Phi) is 4.38. The van der Waals surface area contributed by atoms with Crippen LogP contribution in [0.2, 0.25) is 0 Å². The van der Waals surface area contributed by atoms with E-state index in [2.05, 4.69) is 15.0 Å². The van der Waals surface area contributed by atoms with Crippen molar-refractivity contribution >= 4 is 9.84 Å². The molecule has 0 bridgehead atoms. The van der Waals surface area contributed by atoms with Gasteiger partial charge in [0.2, 0.25) is 0 Å². The van der Waals surface area contributed by atoms with Crippen LogP contribution in [-0.2, 0) is 9.84 Å². The van der Waals surface area contributed by atoms with Crippen molar-refractivity contribution in [1.82, 2.24) is 15.0 Å². The van der Waals surface area contributed by atoms with Gasteiger partial charge >= 0.3 is 0 Å². The number of nitrogens with two attached hydrogens (primary N) is 1. The fraction of sp³-hybridized carbons (Fsp3) is 0.385. The highest BCUT2D eigenvalue weighted by Gasteiger charge is 2.17. The van der Waals surface area contributed by atoms with Crippen LogP contribution in [0.15, 0.2) is 18.3 Å². The molecular weight excluding hydrogens is 295 g/mol. The number of halogens is 1. The molecule has 3 N–H and O–H groups in total. The Morgan fingerprint density at radius 3 is 2.71 bits per heavy atom. The molecule has 0 aliphatic heterocycles. The third-order valence-corrected chi connectivity index (χ3v) is 4.00. The van der Waals surface area contributed by atoms with Crippen molar-refractivity contribution in [3.8, 4) is 11.4 Å². The molecule has 0 saturated heterocycles. The molecule has 2 heterocycles. The number of nitrogens with zero attached hydrogens (tertiary/aromatic N) is 2. The van der Waals surface area contributed by atoms with Crippen LogP contribution in [-0.4, -0.2) is 35.4 Å². The SMILES string of the molecule is Cc1[nH]c(C(N)CCS(C)(=O)=O)nc1-c1ccc(F)cn1. The van der Waals surface area contributed by atoms with E-state index in [1.807, 2.05) is 0 Å². The summed E-state index contributed by atoms with van der Waals surface area (Å²) in [5.74, 6) is 0.0761. The Balaban J connectivity index is 2.20. The molecule has 2 aromatic rings. The second-order valence-corrected chi connectivity index (χ2v) is 7.24. The Morgan fingerprint density at radius 1 is 1.43 bits per heavy atom. The molecule has 0 radical (unpaired) electrons. The first kappa shape index (κ1) is 15.6. The Bertz CT molecular complexity index is 725. The maximum atomic E-state index is 12.9. The highest BCUT2D eigenvalue weighted by Crippen LogP contribution is 2.22. The highest BCUT2D eigenvalue weighted by molar-refractivity contribution is 7.90. The second kappa shape index (κ2) is 5.90. The van der Waals surface area contributed by atoms with Gasteiger partial charge in [-0.05, 0) is 25.5 Å². The summed E-state index contributed by atoms with van der Waals surface area (Å²) in [7, 11) is -3.06. The molecule has 0 aliphatic carbocycles. The minimum Gasteiger partial charge on any atom is -0.344 e. The van der Waals surface area contributed by atoms with Crippen LogP contribution in [0.3, 0.4) is 0 Å². The van der Waals surface area contributed by atoms with E-state index < -0.39 is 21.7 Å². The predicted octanol–water partition coefficient (Wildman–Crippen LogP) is 1.35. The van der Waals surface area contributed by atoms with Crippen LogP contribution < -0.4 is 5.73 Å². The van der Waals surface area contributed by atoms with Crippen LogP contribution in [0.5, 0.6) is 0 Å². The van der Waals surface area contributed by atoms with Gasteiger partial charge in [-0.3, -0.25) is 4.98 Å². The molecule has 114 valence electrons. The van der Waals surface area contributed by atoms with Crippen LogP contribution in [0.1, 0.15) is 24.0 Å². The van der Waals surface area contributed by atoms with E-state index in [0.29, 0.717) is 17.2 Å². The van der Waals surface area contributed by atoms with Crippen molar-refractivity contribution < 1.29 is 12.8 Å². The zero-order valence-electron chi connectivity index (χ0n) is 11.8. The van der Waals surface area contributed by atoms with Crippen LogP contribution >= 0.6 is 0 Å². The molecule has 8 heteroatoms. The van der Waals surface area contributed by atoms with Crippen molar-refractivity contribution in [3.63, 3.8) is 0 Å². The van der Waals surface area contributed by atoms with E-state index in [4.69, 9.17) is 5.73 Å². The van der Waals surface area contributed by atoms with Crippen LogP contribution in [0, 0.1) is 12.7 Å². The van der Waals surface area contributed by atoms with Crippen molar-refractivity contribution in [2.45, 2.75) is 19.4 Å². The molecule has 0 spiro atoms. The third kappa shape index (κ3) is 4.08. The Morgan fingerprint density at radius 2 is 2.14 bits per heavy atom. The summed E-state index contributed by atoms with van der Waals surface area (Å²) in [6.45, 7) is 1.81. The van der Waals surface area contributed by atoms with Crippen molar-refractivity contribution in [2.75, 3.05) is 12.0 Å². The summed E-state index contributed by atoms with van der Waals surface area (Å²) in [4.78, 5) is 11.4. The van der Waals surface area contributed by atoms with Gasteiger partial charge in [0.15, 0.2) is 0 Å². The smallest absolute Gasteiger partial charge is 0.147 e. The largest absolute Gasteiger partial charge is 0.344 e. The van der Waals surface area contributed by atoms with Gasteiger partial charge in [0.25, 0.3) is 0 Å². The third-order valence-electron chi connectivity index (χ3n) is 3.02.